The number of rotatable bonds is 9. The van der Waals surface area contributed by atoms with Gasteiger partial charge in [-0.2, -0.15) is 0 Å². The molecule has 1 atom stereocenters. The number of benzene rings is 2. The maximum atomic E-state index is 12.2. The zero-order chi connectivity index (χ0) is 22.3. The van der Waals surface area contributed by atoms with Crippen LogP contribution >= 0.6 is 0 Å². The lowest BCUT2D eigenvalue weighted by atomic mass is 10.1. The van der Waals surface area contributed by atoms with Crippen molar-refractivity contribution in [2.45, 2.75) is 36.7 Å². The van der Waals surface area contributed by atoms with E-state index in [1.165, 1.54) is 7.11 Å². The van der Waals surface area contributed by atoms with Crippen LogP contribution in [0.1, 0.15) is 42.9 Å². The fourth-order valence-corrected chi connectivity index (χ4v) is 4.43. The Hall–Kier alpha value is -3.20. The molecule has 2 aromatic carbocycles. The number of amidine groups is 1. The second-order valence-electron chi connectivity index (χ2n) is 6.95. The van der Waals surface area contributed by atoms with Crippen molar-refractivity contribution >= 4 is 27.8 Å². The number of ether oxygens (including phenoxy) is 2. The van der Waals surface area contributed by atoms with Gasteiger partial charge in [-0.05, 0) is 25.0 Å². The van der Waals surface area contributed by atoms with Crippen molar-refractivity contribution in [3.05, 3.63) is 65.7 Å². The highest BCUT2D eigenvalue weighted by atomic mass is 32.2. The molecule has 0 radical (unpaired) electrons. The molecule has 1 aliphatic heterocycles. The third-order valence-corrected chi connectivity index (χ3v) is 6.14. The van der Waals surface area contributed by atoms with Crippen LogP contribution in [0.15, 0.2) is 64.5 Å². The van der Waals surface area contributed by atoms with Gasteiger partial charge in [-0.1, -0.05) is 48.9 Å². The number of carbonyl (C=O) groups excluding carboxylic acids is 2. The number of carbonyl (C=O) groups is 2. The zero-order valence-corrected chi connectivity index (χ0v) is 17.9. The lowest BCUT2D eigenvalue weighted by molar-refractivity contribution is -0.166. The van der Waals surface area contributed by atoms with Crippen LogP contribution in [0.4, 0.5) is 0 Å². The van der Waals surface area contributed by atoms with Crippen LogP contribution in [-0.2, 0) is 29.1 Å². The van der Waals surface area contributed by atoms with E-state index in [0.29, 0.717) is 42.8 Å². The molecule has 0 spiro atoms. The molecule has 0 saturated heterocycles. The fraction of sp³-hybridized carbons (Fsp3) is 0.318. The summed E-state index contributed by atoms with van der Waals surface area (Å²) in [5.41, 5.74) is 1.12. The maximum Gasteiger partial charge on any atom is 0.351 e. The Balaban J connectivity index is 1.44. The number of nitrogens with one attached hydrogen (secondary N) is 1. The van der Waals surface area contributed by atoms with E-state index in [1.54, 1.807) is 54.6 Å². The lowest BCUT2D eigenvalue weighted by Crippen LogP contribution is -2.22. The first-order valence-electron chi connectivity index (χ1n) is 9.91. The van der Waals surface area contributed by atoms with Crippen molar-refractivity contribution in [2.75, 3.05) is 13.7 Å². The molecule has 31 heavy (non-hydrogen) atoms. The highest BCUT2D eigenvalue weighted by Gasteiger charge is 2.30. The van der Waals surface area contributed by atoms with Crippen LogP contribution in [0.5, 0.6) is 0 Å². The summed E-state index contributed by atoms with van der Waals surface area (Å²) in [5, 5.41) is 0. The van der Waals surface area contributed by atoms with Gasteiger partial charge in [0.25, 0.3) is 10.0 Å². The molecule has 0 aromatic heterocycles. The third-order valence-electron chi connectivity index (χ3n) is 4.74. The number of hydrogen-bond acceptors (Lipinski definition) is 7. The monoisotopic (exact) mass is 444 g/mol. The molecule has 3 rings (SSSR count). The van der Waals surface area contributed by atoms with Crippen molar-refractivity contribution in [1.82, 2.24) is 4.72 Å². The van der Waals surface area contributed by atoms with Gasteiger partial charge in [0.05, 0.1) is 12.0 Å². The van der Waals surface area contributed by atoms with Gasteiger partial charge >= 0.3 is 11.9 Å². The summed E-state index contributed by atoms with van der Waals surface area (Å²) in [7, 11) is -2.29. The van der Waals surface area contributed by atoms with E-state index >= 15 is 0 Å². The van der Waals surface area contributed by atoms with Crippen LogP contribution < -0.4 is 4.72 Å². The summed E-state index contributed by atoms with van der Waals surface area (Å²) in [6.07, 6.45) is 1.02. The minimum absolute atomic E-state index is 0.159. The number of nitrogens with zero attached hydrogens (tertiary/aromatic N) is 1. The molecule has 9 heteroatoms. The molecule has 0 bridgehead atoms. The number of hydrogen-bond donors (Lipinski definition) is 1. The Labute approximate surface area is 181 Å². The summed E-state index contributed by atoms with van der Waals surface area (Å²) in [6.45, 7) is 0.427. The molecule has 1 N–H and O–H groups in total. The third kappa shape index (κ3) is 5.69. The first-order valence-corrected chi connectivity index (χ1v) is 11.4. The van der Waals surface area contributed by atoms with Crippen LogP contribution in [0.25, 0.3) is 0 Å². The van der Waals surface area contributed by atoms with Gasteiger partial charge in [0.1, 0.15) is 5.84 Å². The summed E-state index contributed by atoms with van der Waals surface area (Å²) < 4.78 is 36.6. The minimum atomic E-state index is -3.54. The molecule has 0 amide bonds. The van der Waals surface area contributed by atoms with Gasteiger partial charge in [0.15, 0.2) is 0 Å². The fourth-order valence-electron chi connectivity index (χ4n) is 3.18. The molecule has 0 fully saturated rings. The second-order valence-corrected chi connectivity index (χ2v) is 8.60. The largest absolute Gasteiger partial charge is 0.466 e. The van der Waals surface area contributed by atoms with Gasteiger partial charge in [0.2, 0.25) is 6.10 Å². The molecule has 1 aliphatic rings. The number of unbranched alkanes of at least 4 members (excludes halogenated alkanes) is 2. The van der Waals surface area contributed by atoms with E-state index in [1.807, 2.05) is 0 Å². The Morgan fingerprint density at radius 2 is 1.71 bits per heavy atom. The first kappa shape index (κ1) is 22.5. The average molecular weight is 445 g/mol. The van der Waals surface area contributed by atoms with Crippen LogP contribution in [0.3, 0.4) is 0 Å². The van der Waals surface area contributed by atoms with Gasteiger partial charge in [0, 0.05) is 24.1 Å². The van der Waals surface area contributed by atoms with Gasteiger partial charge in [-0.15, -0.1) is 0 Å². The Bertz CT molecular complexity index is 1070. The smallest absolute Gasteiger partial charge is 0.351 e. The number of esters is 2. The Morgan fingerprint density at radius 1 is 1.00 bits per heavy atom. The normalized spacial score (nSPS) is 16.2. The summed E-state index contributed by atoms with van der Waals surface area (Å²) in [6, 6.07) is 15.4. The number of sulfonamides is 1. The van der Waals surface area contributed by atoms with Crippen LogP contribution in [0, 0.1) is 0 Å². The molecule has 0 saturated carbocycles. The molecule has 2 aromatic rings. The highest BCUT2D eigenvalue weighted by Crippen LogP contribution is 2.22. The molecular weight excluding hydrogens is 420 g/mol. The van der Waals surface area contributed by atoms with Crippen molar-refractivity contribution < 1.29 is 27.5 Å². The van der Waals surface area contributed by atoms with Gasteiger partial charge in [-0.25, -0.2) is 13.2 Å². The van der Waals surface area contributed by atoms with Crippen molar-refractivity contribution in [3.63, 3.8) is 0 Å². The topological polar surface area (TPSA) is 111 Å². The average Bonchev–Trinajstić information content (AvgIpc) is 3.04. The van der Waals surface area contributed by atoms with Crippen LogP contribution in [-0.4, -0.2) is 39.8 Å². The Kier molecular flexibility index (Phi) is 7.41. The van der Waals surface area contributed by atoms with Crippen LogP contribution in [0.2, 0.25) is 0 Å². The summed E-state index contributed by atoms with van der Waals surface area (Å²) in [5.74, 6) is -0.767. The maximum absolute atomic E-state index is 12.2. The number of aliphatic imine (C=N–C) groups is 1. The summed E-state index contributed by atoms with van der Waals surface area (Å²) >= 11 is 0. The molecule has 8 nitrogen and oxygen atoms in total. The molecule has 1 heterocycles. The van der Waals surface area contributed by atoms with Crippen molar-refractivity contribution in [3.8, 4) is 0 Å². The predicted molar refractivity (Wildman–Crippen MR) is 114 cm³/mol. The van der Waals surface area contributed by atoms with E-state index in [-0.39, 0.29) is 11.3 Å². The standard InChI is InChI=1S/C22H24N2O6S/c1-29-22(26)20(16-10-4-2-5-11-16)30-19(25)14-6-3-9-15-23-21-17-12-7-8-13-18(17)31(27,28)24-21/h2,4-5,7-8,10-13,20H,3,6,9,14-15H2,1H3,(H,23,24). The number of fused-ring (bicyclic) bond motifs is 1. The lowest BCUT2D eigenvalue weighted by Gasteiger charge is -2.16. The van der Waals surface area contributed by atoms with Gasteiger partial charge in [-0.3, -0.25) is 14.5 Å². The van der Waals surface area contributed by atoms with E-state index in [0.717, 1.165) is 0 Å². The van der Waals surface area contributed by atoms with Crippen molar-refractivity contribution in [1.29, 1.82) is 0 Å². The van der Waals surface area contributed by atoms with Crippen molar-refractivity contribution in [2.24, 2.45) is 4.99 Å². The van der Waals surface area contributed by atoms with Gasteiger partial charge < -0.3 is 9.47 Å². The van der Waals surface area contributed by atoms with E-state index in [2.05, 4.69) is 9.71 Å². The quantitative estimate of drug-likeness (QED) is 0.470. The van der Waals surface area contributed by atoms with E-state index in [9.17, 15) is 18.0 Å². The molecule has 1 unspecified atom stereocenters. The highest BCUT2D eigenvalue weighted by molar-refractivity contribution is 7.90. The first-order chi connectivity index (χ1) is 14.9. The van der Waals surface area contributed by atoms with E-state index < -0.39 is 28.1 Å². The second kappa shape index (κ2) is 10.2. The minimum Gasteiger partial charge on any atom is -0.466 e. The Morgan fingerprint density at radius 3 is 2.45 bits per heavy atom. The zero-order valence-electron chi connectivity index (χ0n) is 17.1. The van der Waals surface area contributed by atoms with E-state index in [4.69, 9.17) is 9.47 Å². The molecule has 164 valence electrons. The SMILES string of the molecule is COC(=O)C(OC(=O)CCCCCN=C1NS(=O)(=O)c2ccccc21)c1ccccc1. The predicted octanol–water partition coefficient (Wildman–Crippen LogP) is 2.74. The number of methoxy groups -OCH3 is 1. The summed E-state index contributed by atoms with van der Waals surface area (Å²) in [4.78, 5) is 28.7. The molecular formula is C22H24N2O6S. The molecule has 0 aliphatic carbocycles.